The van der Waals surface area contributed by atoms with Crippen molar-refractivity contribution in [3.63, 3.8) is 0 Å². The quantitative estimate of drug-likeness (QED) is 0.720. The van der Waals surface area contributed by atoms with Gasteiger partial charge in [0.05, 0.1) is 19.6 Å². The molecular formula is C15H13BrClFO2. The maximum absolute atomic E-state index is 14.1. The highest BCUT2D eigenvalue weighted by Crippen LogP contribution is 2.38. The third kappa shape index (κ3) is 3.07. The van der Waals surface area contributed by atoms with Crippen molar-refractivity contribution in [2.45, 2.75) is 5.38 Å². The molecule has 1 atom stereocenters. The Morgan fingerprint density at radius 3 is 2.40 bits per heavy atom. The fourth-order valence-corrected chi connectivity index (χ4v) is 2.64. The normalized spacial score (nSPS) is 12.1. The van der Waals surface area contributed by atoms with Crippen LogP contribution in [0.15, 0.2) is 40.9 Å². The van der Waals surface area contributed by atoms with Crippen molar-refractivity contribution in [1.29, 1.82) is 0 Å². The molecule has 2 aromatic rings. The van der Waals surface area contributed by atoms with Gasteiger partial charge in [-0.2, -0.15) is 0 Å². The highest BCUT2D eigenvalue weighted by Gasteiger charge is 2.20. The number of hydrogen-bond donors (Lipinski definition) is 0. The van der Waals surface area contributed by atoms with Gasteiger partial charge in [-0.05, 0) is 24.3 Å². The van der Waals surface area contributed by atoms with Crippen molar-refractivity contribution in [1.82, 2.24) is 0 Å². The molecule has 2 aromatic carbocycles. The van der Waals surface area contributed by atoms with Gasteiger partial charge in [-0.15, -0.1) is 11.6 Å². The lowest BCUT2D eigenvalue weighted by molar-refractivity contribution is 0.408. The summed E-state index contributed by atoms with van der Waals surface area (Å²) in [6.07, 6.45) is 0. The molecule has 2 rings (SSSR count). The van der Waals surface area contributed by atoms with Crippen LogP contribution in [0.2, 0.25) is 0 Å². The Kier molecular flexibility index (Phi) is 4.89. The molecular weight excluding hydrogens is 347 g/mol. The molecule has 1 unspecified atom stereocenters. The number of benzene rings is 2. The van der Waals surface area contributed by atoms with Gasteiger partial charge in [0.15, 0.2) is 0 Å². The minimum atomic E-state index is -0.645. The van der Waals surface area contributed by atoms with E-state index in [4.69, 9.17) is 21.1 Å². The Balaban J connectivity index is 2.45. The molecule has 0 bridgehead atoms. The lowest BCUT2D eigenvalue weighted by Crippen LogP contribution is -2.00. The summed E-state index contributed by atoms with van der Waals surface area (Å²) in [4.78, 5) is 0. The van der Waals surface area contributed by atoms with E-state index in [-0.39, 0.29) is 0 Å². The summed E-state index contributed by atoms with van der Waals surface area (Å²) in [5, 5.41) is -0.645. The Labute approximate surface area is 130 Å². The fourth-order valence-electron chi connectivity index (χ4n) is 1.91. The van der Waals surface area contributed by atoms with Crippen molar-refractivity contribution in [2.24, 2.45) is 0 Å². The molecule has 5 heteroatoms. The molecule has 0 saturated heterocycles. The molecule has 0 amide bonds. The number of alkyl halides is 1. The maximum Gasteiger partial charge on any atom is 0.131 e. The van der Waals surface area contributed by atoms with E-state index in [1.54, 1.807) is 25.3 Å². The van der Waals surface area contributed by atoms with Crippen molar-refractivity contribution in [3.05, 3.63) is 57.8 Å². The van der Waals surface area contributed by atoms with E-state index < -0.39 is 11.2 Å². The molecule has 0 spiro atoms. The molecule has 0 saturated carbocycles. The largest absolute Gasteiger partial charge is 0.497 e. The van der Waals surface area contributed by atoms with Gasteiger partial charge in [0.2, 0.25) is 0 Å². The van der Waals surface area contributed by atoms with E-state index in [9.17, 15) is 4.39 Å². The second-order valence-corrected chi connectivity index (χ2v) is 5.49. The molecule has 0 N–H and O–H groups in total. The maximum atomic E-state index is 14.1. The summed E-state index contributed by atoms with van der Waals surface area (Å²) in [5.41, 5.74) is 1.08. The zero-order chi connectivity index (χ0) is 14.7. The molecule has 0 aliphatic carbocycles. The first-order valence-corrected chi connectivity index (χ1v) is 7.10. The summed E-state index contributed by atoms with van der Waals surface area (Å²) in [7, 11) is 3.05. The molecule has 106 valence electrons. The molecule has 0 heterocycles. The molecule has 0 aliphatic heterocycles. The van der Waals surface area contributed by atoms with Gasteiger partial charge in [0.1, 0.15) is 17.3 Å². The van der Waals surface area contributed by atoms with E-state index in [0.717, 1.165) is 4.47 Å². The molecule has 0 aliphatic rings. The monoisotopic (exact) mass is 358 g/mol. The highest BCUT2D eigenvalue weighted by atomic mass is 79.9. The van der Waals surface area contributed by atoms with Crippen LogP contribution in [0.25, 0.3) is 0 Å². The molecule has 0 aromatic heterocycles. The van der Waals surface area contributed by atoms with E-state index in [1.807, 2.05) is 12.1 Å². The first-order chi connectivity index (χ1) is 9.56. The lowest BCUT2D eigenvalue weighted by atomic mass is 10.0. The number of methoxy groups -OCH3 is 2. The second kappa shape index (κ2) is 6.46. The van der Waals surface area contributed by atoms with Crippen LogP contribution in [0.4, 0.5) is 4.39 Å². The Bertz CT molecular complexity index is 619. The van der Waals surface area contributed by atoms with E-state index in [0.29, 0.717) is 22.6 Å². The molecule has 0 radical (unpaired) electrons. The van der Waals surface area contributed by atoms with E-state index in [2.05, 4.69) is 15.9 Å². The van der Waals surface area contributed by atoms with Crippen molar-refractivity contribution >= 4 is 27.5 Å². The van der Waals surface area contributed by atoms with Crippen molar-refractivity contribution in [2.75, 3.05) is 14.2 Å². The Morgan fingerprint density at radius 1 is 1.05 bits per heavy atom. The van der Waals surface area contributed by atoms with Gasteiger partial charge in [0.25, 0.3) is 0 Å². The standard InChI is InChI=1S/C15H13BrClFO2/c1-19-10-4-5-11(13(18)8-10)15(17)12-7-9(16)3-6-14(12)20-2/h3-8,15H,1-2H3. The average Bonchev–Trinajstić information content (AvgIpc) is 2.46. The van der Waals surface area contributed by atoms with E-state index in [1.165, 1.54) is 13.2 Å². The van der Waals surface area contributed by atoms with Gasteiger partial charge >= 0.3 is 0 Å². The number of halogens is 3. The van der Waals surface area contributed by atoms with Crippen molar-refractivity contribution < 1.29 is 13.9 Å². The minimum absolute atomic E-state index is 0.379. The van der Waals surface area contributed by atoms with Crippen LogP contribution in [-0.2, 0) is 0 Å². The third-order valence-corrected chi connectivity index (χ3v) is 3.91. The number of hydrogen-bond acceptors (Lipinski definition) is 2. The summed E-state index contributed by atoms with van der Waals surface area (Å²) < 4.78 is 25.2. The second-order valence-electron chi connectivity index (χ2n) is 4.14. The first kappa shape index (κ1) is 15.1. The van der Waals surface area contributed by atoms with Crippen molar-refractivity contribution in [3.8, 4) is 11.5 Å². The van der Waals surface area contributed by atoms with Gasteiger partial charge < -0.3 is 9.47 Å². The van der Waals surface area contributed by atoms with Crippen LogP contribution in [0.1, 0.15) is 16.5 Å². The molecule has 2 nitrogen and oxygen atoms in total. The summed E-state index contributed by atoms with van der Waals surface area (Å²) >= 11 is 9.79. The predicted molar refractivity (Wildman–Crippen MR) is 81.3 cm³/mol. The lowest BCUT2D eigenvalue weighted by Gasteiger charge is -2.16. The number of ether oxygens (including phenoxy) is 2. The third-order valence-electron chi connectivity index (χ3n) is 2.95. The average molecular weight is 360 g/mol. The van der Waals surface area contributed by atoms with Crippen LogP contribution in [0, 0.1) is 5.82 Å². The SMILES string of the molecule is COc1ccc(C(Cl)c2cc(Br)ccc2OC)c(F)c1. The zero-order valence-corrected chi connectivity index (χ0v) is 13.3. The van der Waals surface area contributed by atoms with Gasteiger partial charge in [-0.25, -0.2) is 4.39 Å². The van der Waals surface area contributed by atoms with Crippen LogP contribution < -0.4 is 9.47 Å². The van der Waals surface area contributed by atoms with Crippen LogP contribution in [-0.4, -0.2) is 14.2 Å². The summed E-state index contributed by atoms with van der Waals surface area (Å²) in [6, 6.07) is 10.1. The van der Waals surface area contributed by atoms with Crippen LogP contribution in [0.3, 0.4) is 0 Å². The Hall–Kier alpha value is -1.26. The molecule has 20 heavy (non-hydrogen) atoms. The van der Waals surface area contributed by atoms with E-state index >= 15 is 0 Å². The number of rotatable bonds is 4. The fraction of sp³-hybridized carbons (Fsp3) is 0.200. The van der Waals surface area contributed by atoms with Crippen LogP contribution in [0.5, 0.6) is 11.5 Å². The zero-order valence-electron chi connectivity index (χ0n) is 11.0. The summed E-state index contributed by atoms with van der Waals surface area (Å²) in [6.45, 7) is 0. The summed E-state index contributed by atoms with van der Waals surface area (Å²) in [5.74, 6) is 0.658. The van der Waals surface area contributed by atoms with Crippen LogP contribution >= 0.6 is 27.5 Å². The van der Waals surface area contributed by atoms with Gasteiger partial charge in [-0.1, -0.05) is 22.0 Å². The van der Waals surface area contributed by atoms with Gasteiger partial charge in [-0.3, -0.25) is 0 Å². The minimum Gasteiger partial charge on any atom is -0.497 e. The smallest absolute Gasteiger partial charge is 0.131 e. The molecule has 0 fully saturated rings. The topological polar surface area (TPSA) is 18.5 Å². The predicted octanol–water partition coefficient (Wildman–Crippen LogP) is 4.93. The first-order valence-electron chi connectivity index (χ1n) is 5.87. The Morgan fingerprint density at radius 2 is 1.80 bits per heavy atom. The highest BCUT2D eigenvalue weighted by molar-refractivity contribution is 9.10. The van der Waals surface area contributed by atoms with Gasteiger partial charge in [0, 0.05) is 21.7 Å².